The van der Waals surface area contributed by atoms with Crippen molar-refractivity contribution in [3.8, 4) is 0 Å². The van der Waals surface area contributed by atoms with Crippen molar-refractivity contribution in [3.05, 3.63) is 101 Å². The number of nitrogens with zero attached hydrogens (tertiary/aromatic N) is 2. The molecule has 3 aromatic carbocycles. The molecule has 2 N–H and O–H groups in total. The lowest BCUT2D eigenvalue weighted by Crippen LogP contribution is -2.44. The SMILES string of the molecule is CC(C)c1ccc(C2c3[nH]c4ccccc4c3C[C@@H]3C(=O)N(c4ccccc4C(=O)O)C(=O)N23)cc1. The van der Waals surface area contributed by atoms with Gasteiger partial charge in [0, 0.05) is 23.0 Å². The van der Waals surface area contributed by atoms with Gasteiger partial charge in [-0.15, -0.1) is 0 Å². The number of aromatic carboxylic acids is 1. The lowest BCUT2D eigenvalue weighted by molar-refractivity contribution is -0.120. The van der Waals surface area contributed by atoms with Crippen molar-refractivity contribution in [3.63, 3.8) is 0 Å². The maximum Gasteiger partial charge on any atom is 0.337 e. The van der Waals surface area contributed by atoms with Gasteiger partial charge in [0.2, 0.25) is 0 Å². The standard InChI is InChI=1S/C29H25N3O4/c1-16(2)17-11-13-18(14-12-17)26-25-21(19-7-3-5-9-22(19)30-25)15-24-27(33)32(29(36)31(24)26)23-10-6-4-8-20(23)28(34)35/h3-14,16,24,26,30H,15H2,1-2H3,(H,34,35)/t24-,26?/m1/s1. The Bertz CT molecular complexity index is 1540. The first kappa shape index (κ1) is 22.1. The Morgan fingerprint density at radius 3 is 2.39 bits per heavy atom. The second-order valence-corrected chi connectivity index (χ2v) is 9.69. The van der Waals surface area contributed by atoms with Crippen LogP contribution in [0, 0.1) is 0 Å². The van der Waals surface area contributed by atoms with Crippen LogP contribution in [-0.4, -0.2) is 38.9 Å². The second-order valence-electron chi connectivity index (χ2n) is 9.69. The van der Waals surface area contributed by atoms with Crippen molar-refractivity contribution in [2.75, 3.05) is 4.90 Å². The molecule has 1 aromatic heterocycles. The number of carbonyl (C=O) groups is 3. The lowest BCUT2D eigenvalue weighted by atomic mass is 9.88. The number of para-hydroxylation sites is 2. The van der Waals surface area contributed by atoms with E-state index >= 15 is 0 Å². The molecule has 0 spiro atoms. The molecule has 0 aliphatic carbocycles. The zero-order valence-electron chi connectivity index (χ0n) is 19.9. The van der Waals surface area contributed by atoms with E-state index in [1.165, 1.54) is 17.7 Å². The molecule has 2 aliphatic heterocycles. The number of aromatic nitrogens is 1. The summed E-state index contributed by atoms with van der Waals surface area (Å²) in [4.78, 5) is 45.8. The monoisotopic (exact) mass is 479 g/mol. The Kier molecular flexibility index (Phi) is 4.96. The molecule has 0 bridgehead atoms. The highest BCUT2D eigenvalue weighted by Gasteiger charge is 2.53. The zero-order valence-corrected chi connectivity index (χ0v) is 19.9. The highest BCUT2D eigenvalue weighted by Crippen LogP contribution is 2.45. The molecule has 6 rings (SSSR count). The third-order valence-electron chi connectivity index (χ3n) is 7.34. The summed E-state index contributed by atoms with van der Waals surface area (Å²) >= 11 is 0. The highest BCUT2D eigenvalue weighted by molar-refractivity contribution is 6.23. The van der Waals surface area contributed by atoms with Crippen LogP contribution < -0.4 is 4.90 Å². The fourth-order valence-electron chi connectivity index (χ4n) is 5.56. The number of hydrogen-bond acceptors (Lipinski definition) is 3. The van der Waals surface area contributed by atoms with E-state index < -0.39 is 30.0 Å². The van der Waals surface area contributed by atoms with Crippen molar-refractivity contribution in [1.82, 2.24) is 9.88 Å². The van der Waals surface area contributed by atoms with Crippen LogP contribution in [0.15, 0.2) is 72.8 Å². The van der Waals surface area contributed by atoms with Crippen molar-refractivity contribution in [2.24, 2.45) is 0 Å². The quantitative estimate of drug-likeness (QED) is 0.380. The van der Waals surface area contributed by atoms with Crippen molar-refractivity contribution in [1.29, 1.82) is 0 Å². The molecule has 1 unspecified atom stereocenters. The molecule has 1 saturated heterocycles. The van der Waals surface area contributed by atoms with Crippen LogP contribution >= 0.6 is 0 Å². The molecule has 4 aromatic rings. The molecule has 1 fully saturated rings. The Hall–Kier alpha value is -4.39. The Balaban J connectivity index is 1.53. The number of hydrogen-bond donors (Lipinski definition) is 2. The summed E-state index contributed by atoms with van der Waals surface area (Å²) in [5.74, 6) is -1.23. The minimum atomic E-state index is -1.19. The molecule has 2 atom stereocenters. The number of fused-ring (bicyclic) bond motifs is 4. The first-order valence-electron chi connectivity index (χ1n) is 12.0. The van der Waals surface area contributed by atoms with Crippen LogP contribution in [-0.2, 0) is 11.2 Å². The average Bonchev–Trinajstić information content (AvgIpc) is 3.37. The Morgan fingerprint density at radius 2 is 1.67 bits per heavy atom. The number of benzene rings is 3. The van der Waals surface area contributed by atoms with Gasteiger partial charge in [0.25, 0.3) is 5.91 Å². The van der Waals surface area contributed by atoms with Crippen LogP contribution in [0.5, 0.6) is 0 Å². The van der Waals surface area contributed by atoms with Crippen LogP contribution in [0.1, 0.15) is 58.5 Å². The smallest absolute Gasteiger partial charge is 0.337 e. The van der Waals surface area contributed by atoms with Gasteiger partial charge in [-0.05, 0) is 40.8 Å². The highest BCUT2D eigenvalue weighted by atomic mass is 16.4. The van der Waals surface area contributed by atoms with Gasteiger partial charge in [-0.25, -0.2) is 14.5 Å². The second kappa shape index (κ2) is 8.09. The minimum absolute atomic E-state index is 0.0825. The molecule has 3 amide bonds. The molecule has 36 heavy (non-hydrogen) atoms. The number of amides is 3. The number of carbonyl (C=O) groups excluding carboxylic acids is 2. The maximum absolute atomic E-state index is 13.9. The van der Waals surface area contributed by atoms with Crippen LogP contribution in [0.2, 0.25) is 0 Å². The number of imide groups is 1. The Labute approximate surface area is 208 Å². The van der Waals surface area contributed by atoms with Crippen molar-refractivity contribution < 1.29 is 19.5 Å². The first-order valence-corrected chi connectivity index (χ1v) is 12.0. The van der Waals surface area contributed by atoms with Gasteiger partial charge in [0.05, 0.1) is 11.3 Å². The van der Waals surface area contributed by atoms with E-state index in [-0.39, 0.29) is 11.3 Å². The van der Waals surface area contributed by atoms with Gasteiger partial charge in [-0.1, -0.05) is 68.4 Å². The molecule has 7 nitrogen and oxygen atoms in total. The number of urea groups is 1. The van der Waals surface area contributed by atoms with E-state index in [0.717, 1.165) is 32.6 Å². The number of H-pyrrole nitrogens is 1. The van der Waals surface area contributed by atoms with E-state index in [0.29, 0.717) is 12.3 Å². The summed E-state index contributed by atoms with van der Waals surface area (Å²) in [7, 11) is 0. The third-order valence-corrected chi connectivity index (χ3v) is 7.34. The average molecular weight is 480 g/mol. The normalized spacial score (nSPS) is 19.2. The molecular formula is C29H25N3O4. The van der Waals surface area contributed by atoms with Gasteiger partial charge in [0.15, 0.2) is 0 Å². The van der Waals surface area contributed by atoms with Gasteiger partial charge < -0.3 is 10.1 Å². The summed E-state index contributed by atoms with van der Waals surface area (Å²) in [5.41, 5.74) is 4.95. The predicted molar refractivity (Wildman–Crippen MR) is 136 cm³/mol. The number of anilines is 1. The molecule has 0 radical (unpaired) electrons. The largest absolute Gasteiger partial charge is 0.478 e. The summed E-state index contributed by atoms with van der Waals surface area (Å²) in [6.07, 6.45) is 0.357. The van der Waals surface area contributed by atoms with Crippen molar-refractivity contribution in [2.45, 2.75) is 38.3 Å². The fraction of sp³-hybridized carbons (Fsp3) is 0.207. The summed E-state index contributed by atoms with van der Waals surface area (Å²) in [6.45, 7) is 4.25. The molecule has 0 saturated carbocycles. The zero-order chi connectivity index (χ0) is 25.1. The van der Waals surface area contributed by atoms with Gasteiger partial charge in [0.1, 0.15) is 12.1 Å². The van der Waals surface area contributed by atoms with E-state index in [1.54, 1.807) is 17.0 Å². The molecule has 7 heteroatoms. The fourth-order valence-corrected chi connectivity index (χ4v) is 5.56. The number of carboxylic acids is 1. The first-order chi connectivity index (χ1) is 17.4. The van der Waals surface area contributed by atoms with Crippen LogP contribution in [0.25, 0.3) is 10.9 Å². The van der Waals surface area contributed by atoms with E-state index in [2.05, 4.69) is 31.0 Å². The molecule has 180 valence electrons. The predicted octanol–water partition coefficient (Wildman–Crippen LogP) is 5.47. The van der Waals surface area contributed by atoms with E-state index in [1.807, 2.05) is 36.4 Å². The summed E-state index contributed by atoms with van der Waals surface area (Å²) < 4.78 is 0. The van der Waals surface area contributed by atoms with Gasteiger partial charge >= 0.3 is 12.0 Å². The maximum atomic E-state index is 13.9. The molecular weight excluding hydrogens is 454 g/mol. The molecule has 2 aliphatic rings. The number of nitrogens with one attached hydrogen (secondary N) is 1. The minimum Gasteiger partial charge on any atom is -0.478 e. The molecule has 3 heterocycles. The van der Waals surface area contributed by atoms with Crippen molar-refractivity contribution >= 4 is 34.5 Å². The summed E-state index contributed by atoms with van der Waals surface area (Å²) in [5, 5.41) is 10.7. The van der Waals surface area contributed by atoms with Crippen LogP contribution in [0.3, 0.4) is 0 Å². The number of carboxylic acid groups (broad SMARTS) is 1. The van der Waals surface area contributed by atoms with Crippen LogP contribution in [0.4, 0.5) is 10.5 Å². The van der Waals surface area contributed by atoms with E-state index in [9.17, 15) is 19.5 Å². The lowest BCUT2D eigenvalue weighted by Gasteiger charge is -2.36. The third kappa shape index (κ3) is 3.16. The number of rotatable bonds is 4. The summed E-state index contributed by atoms with van der Waals surface area (Å²) in [6, 6.07) is 20.5. The number of aromatic amines is 1. The topological polar surface area (TPSA) is 93.7 Å². The van der Waals surface area contributed by atoms with E-state index in [4.69, 9.17) is 0 Å². The Morgan fingerprint density at radius 1 is 0.972 bits per heavy atom. The van der Waals surface area contributed by atoms with Gasteiger partial charge in [-0.2, -0.15) is 0 Å². The van der Waals surface area contributed by atoms with Gasteiger partial charge in [-0.3, -0.25) is 9.69 Å².